The van der Waals surface area contributed by atoms with Crippen molar-refractivity contribution in [2.75, 3.05) is 43.1 Å². The molecular weight excluding hydrogens is 530 g/mol. The highest BCUT2D eigenvalue weighted by atomic mass is 35.5. The van der Waals surface area contributed by atoms with Crippen LogP contribution in [0.3, 0.4) is 0 Å². The molecule has 0 radical (unpaired) electrons. The first-order chi connectivity index (χ1) is 19.1. The fraction of sp³-hybridized carbons (Fsp3) is 0.414. The van der Waals surface area contributed by atoms with E-state index in [0.717, 1.165) is 52.5 Å². The second-order valence-corrected chi connectivity index (χ2v) is 11.3. The number of carbonyl (C=O) groups is 1. The molecule has 2 aliphatic heterocycles. The summed E-state index contributed by atoms with van der Waals surface area (Å²) in [5.74, 6) is 1.34. The molecule has 0 bridgehead atoms. The summed E-state index contributed by atoms with van der Waals surface area (Å²) in [4.78, 5) is 32.6. The number of aryl methyl sites for hydroxylation is 1. The first-order valence-corrected chi connectivity index (χ1v) is 13.7. The first-order valence-electron chi connectivity index (χ1n) is 13.4. The molecule has 2 N–H and O–H groups in total. The van der Waals surface area contributed by atoms with Crippen LogP contribution in [0.15, 0.2) is 36.8 Å². The summed E-state index contributed by atoms with van der Waals surface area (Å²) in [6, 6.07) is 6.11. The quantitative estimate of drug-likeness (QED) is 0.410. The molecule has 40 heavy (non-hydrogen) atoms. The van der Waals surface area contributed by atoms with E-state index in [1.807, 2.05) is 52.1 Å². The largest absolute Gasteiger partial charge is 0.444 e. The molecule has 1 fully saturated rings. The minimum Gasteiger partial charge on any atom is -0.444 e. The van der Waals surface area contributed by atoms with Gasteiger partial charge in [0.1, 0.15) is 11.4 Å². The van der Waals surface area contributed by atoms with Gasteiger partial charge >= 0.3 is 6.09 Å². The Hall–Kier alpha value is -3.76. The SMILES string of the molecule is Cc1cncc(-c2ccc(C3=Cc4cnc(NC5CCOC5)nc4N(CCNC(=O)OC(C)(C)C)C3)c(Cl)c2)n1. The fourth-order valence-electron chi connectivity index (χ4n) is 4.64. The van der Waals surface area contributed by atoms with Gasteiger partial charge in [-0.1, -0.05) is 23.7 Å². The average Bonchev–Trinajstić information content (AvgIpc) is 3.40. The van der Waals surface area contributed by atoms with E-state index in [1.165, 1.54) is 0 Å². The van der Waals surface area contributed by atoms with Crippen molar-refractivity contribution in [2.45, 2.75) is 45.8 Å². The van der Waals surface area contributed by atoms with E-state index in [9.17, 15) is 4.79 Å². The van der Waals surface area contributed by atoms with Gasteiger partial charge in [0.05, 0.1) is 30.2 Å². The Bertz CT molecular complexity index is 1420. The van der Waals surface area contributed by atoms with E-state index in [1.54, 1.807) is 12.4 Å². The monoisotopic (exact) mass is 563 g/mol. The molecule has 210 valence electrons. The van der Waals surface area contributed by atoms with Crippen LogP contribution in [0.4, 0.5) is 16.6 Å². The molecule has 1 amide bonds. The number of hydrogen-bond acceptors (Lipinski definition) is 9. The highest BCUT2D eigenvalue weighted by molar-refractivity contribution is 6.33. The number of halogens is 1. The molecule has 3 aromatic rings. The molecular formula is C29H34ClN7O3. The summed E-state index contributed by atoms with van der Waals surface area (Å²) in [7, 11) is 0. The molecule has 1 aromatic carbocycles. The molecule has 5 rings (SSSR count). The normalized spacial score (nSPS) is 16.8. The number of aromatic nitrogens is 4. The van der Waals surface area contributed by atoms with Crippen molar-refractivity contribution in [2.24, 2.45) is 0 Å². The Morgan fingerprint density at radius 2 is 2.08 bits per heavy atom. The second kappa shape index (κ2) is 11.8. The van der Waals surface area contributed by atoms with Crippen molar-refractivity contribution < 1.29 is 14.3 Å². The smallest absolute Gasteiger partial charge is 0.407 e. The lowest BCUT2D eigenvalue weighted by atomic mass is 9.98. The Morgan fingerprint density at radius 1 is 1.23 bits per heavy atom. The Kier molecular flexibility index (Phi) is 8.18. The van der Waals surface area contributed by atoms with Gasteiger partial charge in [-0.15, -0.1) is 0 Å². The molecule has 1 atom stereocenters. The van der Waals surface area contributed by atoms with E-state index in [-0.39, 0.29) is 6.04 Å². The van der Waals surface area contributed by atoms with Crippen molar-refractivity contribution >= 4 is 41.1 Å². The van der Waals surface area contributed by atoms with Crippen LogP contribution >= 0.6 is 11.6 Å². The summed E-state index contributed by atoms with van der Waals surface area (Å²) < 4.78 is 10.9. The van der Waals surface area contributed by atoms with Gasteiger partial charge in [0.2, 0.25) is 5.95 Å². The molecule has 0 aliphatic carbocycles. The number of anilines is 2. The number of benzene rings is 1. The average molecular weight is 564 g/mol. The topological polar surface area (TPSA) is 114 Å². The lowest BCUT2D eigenvalue weighted by molar-refractivity contribution is 0.0529. The maximum atomic E-state index is 12.3. The predicted octanol–water partition coefficient (Wildman–Crippen LogP) is 4.98. The van der Waals surface area contributed by atoms with Gasteiger partial charge in [-0.3, -0.25) is 4.98 Å². The number of rotatable bonds is 7. The number of fused-ring (bicyclic) bond motifs is 1. The summed E-state index contributed by atoms with van der Waals surface area (Å²) in [6.07, 6.45) is 7.80. The van der Waals surface area contributed by atoms with Gasteiger partial charge in [0, 0.05) is 54.8 Å². The molecule has 2 aliphatic rings. The number of nitrogens with zero attached hydrogens (tertiary/aromatic N) is 5. The van der Waals surface area contributed by atoms with Crippen molar-refractivity contribution in [1.82, 2.24) is 25.3 Å². The van der Waals surface area contributed by atoms with Crippen molar-refractivity contribution in [3.8, 4) is 11.3 Å². The third-order valence-electron chi connectivity index (χ3n) is 6.47. The zero-order chi connectivity index (χ0) is 28.3. The van der Waals surface area contributed by atoms with Gasteiger partial charge < -0.3 is 25.0 Å². The van der Waals surface area contributed by atoms with E-state index in [2.05, 4.69) is 36.6 Å². The number of carbonyl (C=O) groups excluding carboxylic acids is 1. The van der Waals surface area contributed by atoms with Crippen LogP contribution in [0.2, 0.25) is 5.02 Å². The number of amides is 1. The minimum absolute atomic E-state index is 0.186. The highest BCUT2D eigenvalue weighted by Crippen LogP contribution is 2.36. The number of ether oxygens (including phenoxy) is 2. The van der Waals surface area contributed by atoms with Crippen LogP contribution in [-0.4, -0.2) is 70.5 Å². The second-order valence-electron chi connectivity index (χ2n) is 10.9. The van der Waals surface area contributed by atoms with Crippen LogP contribution in [-0.2, 0) is 9.47 Å². The van der Waals surface area contributed by atoms with Crippen LogP contribution in [0.5, 0.6) is 0 Å². The van der Waals surface area contributed by atoms with Crippen LogP contribution in [0.25, 0.3) is 22.9 Å². The van der Waals surface area contributed by atoms with Crippen LogP contribution in [0.1, 0.15) is 44.0 Å². The molecule has 2 aromatic heterocycles. The molecule has 0 spiro atoms. The van der Waals surface area contributed by atoms with Crippen molar-refractivity contribution in [3.63, 3.8) is 0 Å². The van der Waals surface area contributed by atoms with Crippen molar-refractivity contribution in [1.29, 1.82) is 0 Å². The highest BCUT2D eigenvalue weighted by Gasteiger charge is 2.25. The molecule has 11 heteroatoms. The zero-order valence-electron chi connectivity index (χ0n) is 23.2. The fourth-order valence-corrected chi connectivity index (χ4v) is 4.95. The lowest BCUT2D eigenvalue weighted by Gasteiger charge is -2.31. The first kappa shape index (κ1) is 27.8. The lowest BCUT2D eigenvalue weighted by Crippen LogP contribution is -2.40. The number of hydrogen-bond donors (Lipinski definition) is 2. The van der Waals surface area contributed by atoms with Gasteiger partial charge in [-0.05, 0) is 57.4 Å². The van der Waals surface area contributed by atoms with Gasteiger partial charge in [0.15, 0.2) is 0 Å². The van der Waals surface area contributed by atoms with E-state index >= 15 is 0 Å². The molecule has 1 unspecified atom stereocenters. The van der Waals surface area contributed by atoms with Crippen LogP contribution < -0.4 is 15.5 Å². The summed E-state index contributed by atoms with van der Waals surface area (Å²) in [6.45, 7) is 10.2. The van der Waals surface area contributed by atoms with Gasteiger partial charge in [-0.2, -0.15) is 4.98 Å². The summed E-state index contributed by atoms with van der Waals surface area (Å²) >= 11 is 6.82. The molecule has 1 saturated heterocycles. The molecule has 10 nitrogen and oxygen atoms in total. The standard InChI is InChI=1S/C29H34ClN7O3/c1-18-13-31-15-25(34-18)19-5-6-23(24(30)12-19)21-11-20-14-33-27(35-22-7-10-39-17-22)36-26(20)37(16-21)9-8-32-28(38)40-29(2,3)4/h5-6,11-15,22H,7-10,16-17H2,1-4H3,(H,32,38)(H,33,35,36). The molecule has 0 saturated carbocycles. The van der Waals surface area contributed by atoms with Crippen LogP contribution in [0, 0.1) is 6.92 Å². The van der Waals surface area contributed by atoms with E-state index in [4.69, 9.17) is 26.1 Å². The maximum Gasteiger partial charge on any atom is 0.407 e. The third-order valence-corrected chi connectivity index (χ3v) is 6.78. The summed E-state index contributed by atoms with van der Waals surface area (Å²) in [5.41, 5.74) is 4.74. The number of alkyl carbamates (subject to hydrolysis) is 1. The molecule has 4 heterocycles. The predicted molar refractivity (Wildman–Crippen MR) is 156 cm³/mol. The van der Waals surface area contributed by atoms with E-state index in [0.29, 0.717) is 37.2 Å². The van der Waals surface area contributed by atoms with Crippen molar-refractivity contribution in [3.05, 3.63) is 58.6 Å². The van der Waals surface area contributed by atoms with Gasteiger partial charge in [0.25, 0.3) is 0 Å². The Labute approximate surface area is 239 Å². The number of nitrogens with one attached hydrogen (secondary N) is 2. The Balaban J connectivity index is 1.40. The Morgan fingerprint density at radius 3 is 2.80 bits per heavy atom. The maximum absolute atomic E-state index is 12.3. The third kappa shape index (κ3) is 6.86. The summed E-state index contributed by atoms with van der Waals surface area (Å²) in [5, 5.41) is 6.84. The zero-order valence-corrected chi connectivity index (χ0v) is 24.0. The van der Waals surface area contributed by atoms with Gasteiger partial charge in [-0.25, -0.2) is 14.8 Å². The minimum atomic E-state index is -0.567. The van der Waals surface area contributed by atoms with E-state index < -0.39 is 11.7 Å².